The number of hydrogen-bond donors (Lipinski definition) is 1. The predicted octanol–water partition coefficient (Wildman–Crippen LogP) is 4.06. The lowest BCUT2D eigenvalue weighted by Gasteiger charge is -2.14. The van der Waals surface area contributed by atoms with E-state index in [1.54, 1.807) is 24.3 Å². The Morgan fingerprint density at radius 3 is 2.36 bits per heavy atom. The van der Waals surface area contributed by atoms with Crippen LogP contribution in [-0.2, 0) is 9.59 Å². The highest BCUT2D eigenvalue weighted by molar-refractivity contribution is 5.88. The van der Waals surface area contributed by atoms with Crippen LogP contribution < -0.4 is 14.8 Å². The number of benzene rings is 2. The van der Waals surface area contributed by atoms with Crippen molar-refractivity contribution in [2.45, 2.75) is 33.6 Å². The maximum Gasteiger partial charge on any atom is 0.349 e. The smallest absolute Gasteiger partial charge is 0.349 e. The molecule has 0 spiro atoms. The van der Waals surface area contributed by atoms with E-state index in [0.29, 0.717) is 23.1 Å². The first kappa shape index (κ1) is 18.5. The first-order chi connectivity index (χ1) is 11.8. The summed E-state index contributed by atoms with van der Waals surface area (Å²) in [6.45, 7) is 7.39. The Morgan fingerprint density at radius 1 is 1.08 bits per heavy atom. The summed E-state index contributed by atoms with van der Waals surface area (Å²) in [5, 5.41) is 2.65. The second-order valence-electron chi connectivity index (χ2n) is 6.16. The van der Waals surface area contributed by atoms with Crippen molar-refractivity contribution < 1.29 is 19.1 Å². The number of carbonyl (C=O) groups excluding carboxylic acids is 2. The fraction of sp³-hybridized carbons (Fsp3) is 0.300. The molecule has 0 aliphatic rings. The van der Waals surface area contributed by atoms with Crippen molar-refractivity contribution in [2.75, 3.05) is 11.9 Å². The zero-order chi connectivity index (χ0) is 18.4. The van der Waals surface area contributed by atoms with Gasteiger partial charge >= 0.3 is 5.97 Å². The Balaban J connectivity index is 1.95. The molecule has 0 radical (unpaired) electrons. The van der Waals surface area contributed by atoms with E-state index >= 15 is 0 Å². The Morgan fingerprint density at radius 2 is 1.76 bits per heavy atom. The molecule has 2 rings (SSSR count). The molecule has 25 heavy (non-hydrogen) atoms. The topological polar surface area (TPSA) is 64.6 Å². The third kappa shape index (κ3) is 5.64. The monoisotopic (exact) mass is 341 g/mol. The highest BCUT2D eigenvalue weighted by atomic mass is 16.6. The average molecular weight is 341 g/mol. The second kappa shape index (κ2) is 8.33. The van der Waals surface area contributed by atoms with E-state index in [9.17, 15) is 9.59 Å². The maximum absolute atomic E-state index is 12.0. The minimum absolute atomic E-state index is 0.155. The van der Waals surface area contributed by atoms with Gasteiger partial charge in [-0.05, 0) is 54.3 Å². The minimum Gasteiger partial charge on any atom is -0.482 e. The molecule has 5 heteroatoms. The molecule has 0 aromatic heterocycles. The fourth-order valence-electron chi connectivity index (χ4n) is 2.35. The normalized spacial score (nSPS) is 10.4. The van der Waals surface area contributed by atoms with E-state index in [2.05, 4.69) is 19.2 Å². The number of ether oxygens (including phenoxy) is 2. The van der Waals surface area contributed by atoms with Gasteiger partial charge in [0.2, 0.25) is 5.91 Å². The summed E-state index contributed by atoms with van der Waals surface area (Å²) in [6, 6.07) is 12.5. The van der Waals surface area contributed by atoms with Crippen molar-refractivity contribution >= 4 is 17.6 Å². The van der Waals surface area contributed by atoms with Crippen LogP contribution >= 0.6 is 0 Å². The molecule has 2 aromatic carbocycles. The molecule has 5 nitrogen and oxygen atoms in total. The summed E-state index contributed by atoms with van der Waals surface area (Å²) in [6.07, 6.45) is 0. The molecule has 0 unspecified atom stereocenters. The predicted molar refractivity (Wildman–Crippen MR) is 97.1 cm³/mol. The number of anilines is 1. The van der Waals surface area contributed by atoms with Crippen LogP contribution in [0.25, 0.3) is 0 Å². The molecule has 0 aliphatic heterocycles. The lowest BCUT2D eigenvalue weighted by atomic mass is 10.0. The molecule has 0 fully saturated rings. The van der Waals surface area contributed by atoms with Crippen LogP contribution in [0.5, 0.6) is 11.5 Å². The maximum atomic E-state index is 12.0. The Bertz CT molecular complexity index is 751. The number of rotatable bonds is 6. The van der Waals surface area contributed by atoms with Crippen molar-refractivity contribution in [1.29, 1.82) is 0 Å². The van der Waals surface area contributed by atoms with Crippen LogP contribution in [-0.4, -0.2) is 18.5 Å². The van der Waals surface area contributed by atoms with Crippen molar-refractivity contribution in [2.24, 2.45) is 0 Å². The van der Waals surface area contributed by atoms with Gasteiger partial charge in [0.1, 0.15) is 11.5 Å². The summed E-state index contributed by atoms with van der Waals surface area (Å²) in [7, 11) is 0. The van der Waals surface area contributed by atoms with Gasteiger partial charge in [0.05, 0.1) is 0 Å². The number of aryl methyl sites for hydroxylation is 1. The van der Waals surface area contributed by atoms with Crippen molar-refractivity contribution in [3.05, 3.63) is 53.6 Å². The zero-order valence-corrected chi connectivity index (χ0v) is 15.0. The molecule has 0 aliphatic carbocycles. The average Bonchev–Trinajstić information content (AvgIpc) is 2.54. The summed E-state index contributed by atoms with van der Waals surface area (Å²) in [5.74, 6) is 0.762. The van der Waals surface area contributed by atoms with Crippen LogP contribution in [0.2, 0.25) is 0 Å². The van der Waals surface area contributed by atoms with Crippen molar-refractivity contribution in [3.8, 4) is 11.5 Å². The molecule has 2 aromatic rings. The number of carbonyl (C=O) groups is 2. The zero-order valence-electron chi connectivity index (χ0n) is 15.0. The third-order valence-electron chi connectivity index (χ3n) is 3.54. The van der Waals surface area contributed by atoms with E-state index in [-0.39, 0.29) is 12.5 Å². The Hall–Kier alpha value is -2.82. The van der Waals surface area contributed by atoms with Gasteiger partial charge in [-0.25, -0.2) is 4.79 Å². The highest BCUT2D eigenvalue weighted by Crippen LogP contribution is 2.27. The van der Waals surface area contributed by atoms with Gasteiger partial charge in [-0.2, -0.15) is 0 Å². The van der Waals surface area contributed by atoms with E-state index in [0.717, 1.165) is 11.1 Å². The van der Waals surface area contributed by atoms with Crippen molar-refractivity contribution in [1.82, 2.24) is 0 Å². The number of nitrogens with one attached hydrogen (secondary N) is 1. The van der Waals surface area contributed by atoms with Gasteiger partial charge < -0.3 is 14.8 Å². The minimum atomic E-state index is -0.483. The van der Waals surface area contributed by atoms with Crippen LogP contribution in [0.1, 0.15) is 37.8 Å². The Kier molecular flexibility index (Phi) is 6.17. The quantitative estimate of drug-likeness (QED) is 0.636. The molecular weight excluding hydrogens is 318 g/mol. The lowest BCUT2D eigenvalue weighted by molar-refractivity contribution is -0.136. The molecule has 0 saturated carbocycles. The summed E-state index contributed by atoms with van der Waals surface area (Å²) in [4.78, 5) is 23.0. The van der Waals surface area contributed by atoms with Gasteiger partial charge in [-0.3, -0.25) is 4.79 Å². The van der Waals surface area contributed by atoms with E-state index < -0.39 is 5.97 Å². The summed E-state index contributed by atoms with van der Waals surface area (Å²) in [5.41, 5.74) is 2.77. The third-order valence-corrected chi connectivity index (χ3v) is 3.54. The van der Waals surface area contributed by atoms with Crippen LogP contribution in [0.15, 0.2) is 42.5 Å². The van der Waals surface area contributed by atoms with Gasteiger partial charge in [-0.15, -0.1) is 0 Å². The SMILES string of the molecule is CC(=O)Nc1ccc(OC(=O)COc2cc(C)ccc2C(C)C)cc1. The molecule has 0 bridgehead atoms. The largest absolute Gasteiger partial charge is 0.482 e. The van der Waals surface area contributed by atoms with Crippen LogP contribution in [0.4, 0.5) is 5.69 Å². The fourth-order valence-corrected chi connectivity index (χ4v) is 2.35. The highest BCUT2D eigenvalue weighted by Gasteiger charge is 2.11. The molecule has 0 saturated heterocycles. The number of hydrogen-bond acceptors (Lipinski definition) is 4. The molecular formula is C20H23NO4. The number of esters is 1. The van der Waals surface area contributed by atoms with Gasteiger partial charge in [-0.1, -0.05) is 26.0 Å². The van der Waals surface area contributed by atoms with E-state index in [1.165, 1.54) is 6.92 Å². The molecule has 1 amide bonds. The van der Waals surface area contributed by atoms with Crippen molar-refractivity contribution in [3.63, 3.8) is 0 Å². The molecule has 0 heterocycles. The molecule has 1 N–H and O–H groups in total. The van der Waals surface area contributed by atoms with Crippen LogP contribution in [0, 0.1) is 6.92 Å². The Labute approximate surface area is 148 Å². The second-order valence-corrected chi connectivity index (χ2v) is 6.16. The number of amides is 1. The first-order valence-corrected chi connectivity index (χ1v) is 8.17. The van der Waals surface area contributed by atoms with E-state index in [1.807, 2.05) is 25.1 Å². The van der Waals surface area contributed by atoms with Crippen LogP contribution in [0.3, 0.4) is 0 Å². The summed E-state index contributed by atoms with van der Waals surface area (Å²) >= 11 is 0. The van der Waals surface area contributed by atoms with Gasteiger partial charge in [0, 0.05) is 12.6 Å². The summed E-state index contributed by atoms with van der Waals surface area (Å²) < 4.78 is 10.9. The lowest BCUT2D eigenvalue weighted by Crippen LogP contribution is -2.18. The standard InChI is InChI=1S/C20H23NO4/c1-13(2)18-10-5-14(3)11-19(18)24-12-20(23)25-17-8-6-16(7-9-17)21-15(4)22/h5-11,13H,12H2,1-4H3,(H,21,22). The van der Waals surface area contributed by atoms with Gasteiger partial charge in [0.15, 0.2) is 6.61 Å². The molecule has 0 atom stereocenters. The molecule has 132 valence electrons. The first-order valence-electron chi connectivity index (χ1n) is 8.17. The van der Waals surface area contributed by atoms with E-state index in [4.69, 9.17) is 9.47 Å². The van der Waals surface area contributed by atoms with Gasteiger partial charge in [0.25, 0.3) is 0 Å².